The van der Waals surface area contributed by atoms with Gasteiger partial charge in [0.1, 0.15) is 0 Å². The summed E-state index contributed by atoms with van der Waals surface area (Å²) in [4.78, 5) is 0. The van der Waals surface area contributed by atoms with Gasteiger partial charge in [0.2, 0.25) is 0 Å². The second-order valence-electron chi connectivity index (χ2n) is 3.07. The summed E-state index contributed by atoms with van der Waals surface area (Å²) in [7, 11) is 0. The zero-order valence-electron chi connectivity index (χ0n) is 9.37. The van der Waals surface area contributed by atoms with Crippen LogP contribution in [-0.2, 0) is 0 Å². The van der Waals surface area contributed by atoms with Gasteiger partial charge in [-0.15, -0.1) is 0 Å². The first kappa shape index (κ1) is 14.5. The van der Waals surface area contributed by atoms with E-state index in [4.69, 9.17) is 0 Å². The van der Waals surface area contributed by atoms with Crippen LogP contribution < -0.4 is 0 Å². The van der Waals surface area contributed by atoms with E-state index >= 15 is 0 Å². The molecule has 0 aromatic rings. The standard InChI is InChI=1S/C12H22Se2/c1-3-5-7-9-11-13-14-12-10-8-6-4-2/h3-6H,7-12H2,1-2H3. The molecule has 0 atom stereocenters. The molecular weight excluding hydrogens is 302 g/mol. The van der Waals surface area contributed by atoms with Gasteiger partial charge in [0, 0.05) is 0 Å². The Balaban J connectivity index is 2.92. The van der Waals surface area contributed by atoms with Gasteiger partial charge in [-0.1, -0.05) is 0 Å². The first-order chi connectivity index (χ1) is 6.91. The predicted octanol–water partition coefficient (Wildman–Crippen LogP) is 3.86. The van der Waals surface area contributed by atoms with Gasteiger partial charge in [0.25, 0.3) is 0 Å². The molecule has 0 rings (SSSR count). The van der Waals surface area contributed by atoms with Gasteiger partial charge in [0.05, 0.1) is 0 Å². The molecular formula is C12H22Se2. The molecule has 0 fully saturated rings. The molecule has 0 heterocycles. The molecule has 0 aromatic carbocycles. The quantitative estimate of drug-likeness (QED) is 0.343. The van der Waals surface area contributed by atoms with E-state index in [0.29, 0.717) is 0 Å². The average Bonchev–Trinajstić information content (AvgIpc) is 2.21. The Labute approximate surface area is 100 Å². The van der Waals surface area contributed by atoms with E-state index in [1.807, 2.05) is 0 Å². The number of unbranched alkanes of at least 4 members (excludes halogenated alkanes) is 2. The van der Waals surface area contributed by atoms with Crippen molar-refractivity contribution < 1.29 is 0 Å². The Morgan fingerprint density at radius 2 is 1.21 bits per heavy atom. The third kappa shape index (κ3) is 12.5. The molecule has 0 N–H and O–H groups in total. The minimum atomic E-state index is 0.977. The average molecular weight is 324 g/mol. The Morgan fingerprint density at radius 3 is 1.57 bits per heavy atom. The van der Waals surface area contributed by atoms with E-state index in [-0.39, 0.29) is 0 Å². The van der Waals surface area contributed by atoms with Crippen molar-refractivity contribution in [3.8, 4) is 0 Å². The van der Waals surface area contributed by atoms with Gasteiger partial charge in [-0.05, 0) is 0 Å². The Hall–Kier alpha value is 0.519. The minimum absolute atomic E-state index is 0.977. The van der Waals surface area contributed by atoms with Crippen LogP contribution in [-0.4, -0.2) is 26.3 Å². The van der Waals surface area contributed by atoms with Crippen molar-refractivity contribution in [1.29, 1.82) is 0 Å². The van der Waals surface area contributed by atoms with Crippen LogP contribution in [0.5, 0.6) is 0 Å². The first-order valence-corrected chi connectivity index (χ1v) is 12.1. The van der Waals surface area contributed by atoms with Crippen LogP contribution in [0.2, 0.25) is 10.6 Å². The van der Waals surface area contributed by atoms with Gasteiger partial charge in [-0.25, -0.2) is 0 Å². The molecule has 0 aliphatic carbocycles. The number of hydrogen-bond acceptors (Lipinski definition) is 0. The molecule has 2 heteroatoms. The van der Waals surface area contributed by atoms with E-state index in [1.54, 1.807) is 0 Å². The summed E-state index contributed by atoms with van der Waals surface area (Å²) in [5.74, 6) is 0. The normalized spacial score (nSPS) is 11.9. The molecule has 0 saturated carbocycles. The van der Waals surface area contributed by atoms with Crippen molar-refractivity contribution in [1.82, 2.24) is 0 Å². The Kier molecular flexibility index (Phi) is 14.0. The van der Waals surface area contributed by atoms with Gasteiger partial charge < -0.3 is 0 Å². The van der Waals surface area contributed by atoms with Crippen LogP contribution in [0.3, 0.4) is 0 Å². The summed E-state index contributed by atoms with van der Waals surface area (Å²) >= 11 is 1.95. The van der Waals surface area contributed by atoms with Crippen LogP contribution in [0.1, 0.15) is 39.5 Å². The van der Waals surface area contributed by atoms with Crippen molar-refractivity contribution in [2.75, 3.05) is 0 Å². The molecule has 0 saturated heterocycles. The molecule has 0 aliphatic heterocycles. The monoisotopic (exact) mass is 326 g/mol. The van der Waals surface area contributed by atoms with Gasteiger partial charge >= 0.3 is 101 Å². The summed E-state index contributed by atoms with van der Waals surface area (Å²) in [5, 5.41) is 3.00. The van der Waals surface area contributed by atoms with E-state index in [9.17, 15) is 0 Å². The fourth-order valence-electron chi connectivity index (χ4n) is 0.971. The van der Waals surface area contributed by atoms with Crippen molar-refractivity contribution in [3.05, 3.63) is 24.3 Å². The fourth-order valence-corrected chi connectivity index (χ4v) is 7.80. The summed E-state index contributed by atoms with van der Waals surface area (Å²) in [6.07, 6.45) is 14.3. The summed E-state index contributed by atoms with van der Waals surface area (Å²) < 4.78 is 0. The zero-order valence-corrected chi connectivity index (χ0v) is 12.8. The second kappa shape index (κ2) is 13.5. The zero-order chi connectivity index (χ0) is 10.5. The molecule has 0 unspecified atom stereocenters. The maximum atomic E-state index is 2.29. The second-order valence-corrected chi connectivity index (χ2v) is 10.9. The third-order valence-corrected chi connectivity index (χ3v) is 9.46. The predicted molar refractivity (Wildman–Crippen MR) is 69.2 cm³/mol. The topological polar surface area (TPSA) is 0 Å². The molecule has 0 bridgehead atoms. The molecule has 0 nitrogen and oxygen atoms in total. The van der Waals surface area contributed by atoms with Crippen LogP contribution >= 0.6 is 0 Å². The van der Waals surface area contributed by atoms with Crippen LogP contribution in [0.25, 0.3) is 0 Å². The molecule has 82 valence electrons. The van der Waals surface area contributed by atoms with E-state index in [0.717, 1.165) is 26.3 Å². The molecule has 0 spiro atoms. The first-order valence-electron chi connectivity index (χ1n) is 5.38. The van der Waals surface area contributed by atoms with E-state index < -0.39 is 0 Å². The fraction of sp³-hybridized carbons (Fsp3) is 0.667. The molecule has 0 radical (unpaired) electrons. The molecule has 0 aliphatic rings. The van der Waals surface area contributed by atoms with Crippen molar-refractivity contribution in [2.45, 2.75) is 50.2 Å². The number of rotatable bonds is 9. The number of allylic oxidation sites excluding steroid dienone is 4. The van der Waals surface area contributed by atoms with Gasteiger partial charge in [0.15, 0.2) is 0 Å². The van der Waals surface area contributed by atoms with Crippen molar-refractivity contribution in [3.63, 3.8) is 0 Å². The molecule has 0 amide bonds. The van der Waals surface area contributed by atoms with Crippen LogP contribution in [0.15, 0.2) is 24.3 Å². The van der Waals surface area contributed by atoms with Crippen LogP contribution in [0.4, 0.5) is 0 Å². The maximum absolute atomic E-state index is 2.29. The summed E-state index contributed by atoms with van der Waals surface area (Å²) in [6, 6.07) is 0. The summed E-state index contributed by atoms with van der Waals surface area (Å²) in [5.41, 5.74) is 0. The Bertz CT molecular complexity index is 132. The SMILES string of the molecule is CC=CCCC[Se][Se]CCCC=CC. The third-order valence-electron chi connectivity index (χ3n) is 1.75. The van der Waals surface area contributed by atoms with E-state index in [2.05, 4.69) is 38.2 Å². The van der Waals surface area contributed by atoms with Gasteiger partial charge in [-0.2, -0.15) is 0 Å². The summed E-state index contributed by atoms with van der Waals surface area (Å²) in [6.45, 7) is 4.21. The van der Waals surface area contributed by atoms with Crippen molar-refractivity contribution >= 4 is 26.3 Å². The Morgan fingerprint density at radius 1 is 0.786 bits per heavy atom. The van der Waals surface area contributed by atoms with Crippen molar-refractivity contribution in [2.24, 2.45) is 0 Å². The van der Waals surface area contributed by atoms with Gasteiger partial charge in [-0.3, -0.25) is 0 Å². The van der Waals surface area contributed by atoms with E-state index in [1.165, 1.54) is 36.3 Å². The molecule has 0 aromatic heterocycles. The van der Waals surface area contributed by atoms with Crippen LogP contribution in [0, 0.1) is 0 Å². The number of hydrogen-bond donors (Lipinski definition) is 0. The molecule has 14 heavy (non-hydrogen) atoms.